The van der Waals surface area contributed by atoms with Gasteiger partial charge in [0.1, 0.15) is 13.2 Å². The van der Waals surface area contributed by atoms with Gasteiger partial charge in [-0.15, -0.1) is 0 Å². The van der Waals surface area contributed by atoms with Crippen LogP contribution >= 0.6 is 0 Å². The number of allylic oxidation sites excluding steroid dienone is 17. The molecule has 0 radical (unpaired) electrons. The molecule has 0 aliphatic rings. The summed E-state index contributed by atoms with van der Waals surface area (Å²) >= 11 is 0. The third-order valence-electron chi connectivity index (χ3n) is 13.1. The van der Waals surface area contributed by atoms with E-state index in [4.69, 9.17) is 14.2 Å². The highest BCUT2D eigenvalue weighted by atomic mass is 16.6. The molecular weight excluding hydrogens is 913 g/mol. The molecule has 422 valence electrons. The van der Waals surface area contributed by atoms with Gasteiger partial charge in [-0.1, -0.05) is 291 Å². The van der Waals surface area contributed by atoms with Crippen LogP contribution in [0, 0.1) is 0 Å². The average Bonchev–Trinajstić information content (AvgIpc) is 3.40. The first kappa shape index (κ1) is 70.1. The molecule has 0 aliphatic heterocycles. The lowest BCUT2D eigenvalue weighted by Gasteiger charge is -2.18. The van der Waals surface area contributed by atoms with Gasteiger partial charge in [-0.05, 0) is 83.5 Å². The van der Waals surface area contributed by atoms with E-state index in [-0.39, 0.29) is 31.6 Å². The van der Waals surface area contributed by atoms with E-state index in [0.717, 1.165) is 96.3 Å². The maximum Gasteiger partial charge on any atom is 0.310 e. The fraction of sp³-hybridized carbons (Fsp3) is 0.691. The zero-order chi connectivity index (χ0) is 53.6. The number of carbonyl (C=O) groups is 3. The van der Waals surface area contributed by atoms with E-state index in [1.807, 2.05) is 6.08 Å². The van der Waals surface area contributed by atoms with Crippen LogP contribution in [-0.2, 0) is 28.6 Å². The molecule has 1 unspecified atom stereocenters. The minimum Gasteiger partial charge on any atom is -0.462 e. The summed E-state index contributed by atoms with van der Waals surface area (Å²) in [5.74, 6) is -1.05. The lowest BCUT2D eigenvalue weighted by Crippen LogP contribution is -2.30. The summed E-state index contributed by atoms with van der Waals surface area (Å²) in [6.07, 6.45) is 84.7. The molecule has 0 saturated carbocycles. The van der Waals surface area contributed by atoms with Crippen molar-refractivity contribution >= 4 is 17.9 Å². The quantitative estimate of drug-likeness (QED) is 0.0261. The third kappa shape index (κ3) is 59.0. The van der Waals surface area contributed by atoms with Gasteiger partial charge >= 0.3 is 17.9 Å². The molecular formula is C68H114O6. The van der Waals surface area contributed by atoms with E-state index in [1.54, 1.807) is 6.08 Å². The van der Waals surface area contributed by atoms with Crippen molar-refractivity contribution in [3.8, 4) is 0 Å². The van der Waals surface area contributed by atoms with Crippen LogP contribution < -0.4 is 0 Å². The van der Waals surface area contributed by atoms with E-state index < -0.39 is 12.1 Å². The topological polar surface area (TPSA) is 78.9 Å². The van der Waals surface area contributed by atoms with E-state index in [9.17, 15) is 14.4 Å². The second-order valence-corrected chi connectivity index (χ2v) is 20.2. The molecule has 0 saturated heterocycles. The first-order valence-electron chi connectivity index (χ1n) is 30.9. The zero-order valence-electron chi connectivity index (χ0n) is 48.3. The summed E-state index contributed by atoms with van der Waals surface area (Å²) in [5.41, 5.74) is 0. The van der Waals surface area contributed by atoms with Crippen molar-refractivity contribution < 1.29 is 28.6 Å². The summed E-state index contributed by atoms with van der Waals surface area (Å²) in [7, 11) is 0. The van der Waals surface area contributed by atoms with E-state index in [2.05, 4.69) is 118 Å². The highest BCUT2D eigenvalue weighted by Gasteiger charge is 2.19. The fourth-order valence-corrected chi connectivity index (χ4v) is 8.51. The Morgan fingerprint density at radius 1 is 0.297 bits per heavy atom. The molecule has 0 bridgehead atoms. The number of ether oxygens (including phenoxy) is 3. The number of esters is 3. The predicted octanol–water partition coefficient (Wildman–Crippen LogP) is 21.0. The standard InChI is InChI=1S/C68H114O6/c1-4-7-10-13-16-18-20-22-24-25-26-27-28-29-30-31-32-33-34-35-36-37-38-39-40-41-42-43-45-46-48-50-52-55-58-61-67(70)73-64-65(63-72-66(69)60-57-54-15-12-9-6-3)74-68(71)62-59-56-53-51-49-47-44-23-21-19-17-14-11-8-5-2/h7-8,10-11,16-19,22-24,26-27,44,49,51,56,59,65H,4-6,9,12-15,20-21,25,28-43,45-48,50,52-55,57-58,60-64H2,1-3H3/b10-7-,11-8-,18-16-,19-17-,24-22-,27-26-,44-23-,51-49-,59-56-. The van der Waals surface area contributed by atoms with E-state index in [1.165, 1.54) is 148 Å². The summed E-state index contributed by atoms with van der Waals surface area (Å²) in [6.45, 7) is 6.27. The Kier molecular flexibility index (Phi) is 58.3. The van der Waals surface area contributed by atoms with Crippen LogP contribution in [0.1, 0.15) is 284 Å². The van der Waals surface area contributed by atoms with Gasteiger partial charge in [0.15, 0.2) is 6.10 Å². The molecule has 0 aliphatic carbocycles. The van der Waals surface area contributed by atoms with E-state index in [0.29, 0.717) is 12.8 Å². The van der Waals surface area contributed by atoms with Crippen LogP contribution in [0.4, 0.5) is 0 Å². The summed E-state index contributed by atoms with van der Waals surface area (Å²) < 4.78 is 16.6. The van der Waals surface area contributed by atoms with Crippen LogP contribution in [0.25, 0.3) is 0 Å². The molecule has 6 nitrogen and oxygen atoms in total. The Morgan fingerprint density at radius 2 is 0.568 bits per heavy atom. The molecule has 0 aromatic rings. The van der Waals surface area contributed by atoms with Gasteiger partial charge in [0, 0.05) is 12.8 Å². The third-order valence-corrected chi connectivity index (χ3v) is 13.1. The highest BCUT2D eigenvalue weighted by Crippen LogP contribution is 2.17. The smallest absolute Gasteiger partial charge is 0.310 e. The molecule has 1 atom stereocenters. The SMILES string of the molecule is CC/C=C\C/C=C\C/C=C\C/C=C\C/C=C\CC(=O)OC(COC(=O)CCCCCCCC)COC(=O)CCCCCCCCCCCCCCCCCCCCCCCC/C=C\C/C=C\C/C=C\C/C=C\CC. The Hall–Kier alpha value is -3.93. The highest BCUT2D eigenvalue weighted by molar-refractivity contribution is 5.72. The minimum atomic E-state index is -0.827. The molecule has 0 amide bonds. The van der Waals surface area contributed by atoms with Gasteiger partial charge in [0.05, 0.1) is 6.42 Å². The molecule has 0 rings (SSSR count). The molecule has 0 fully saturated rings. The van der Waals surface area contributed by atoms with Crippen molar-refractivity contribution in [2.45, 2.75) is 290 Å². The summed E-state index contributed by atoms with van der Waals surface area (Å²) in [6, 6.07) is 0. The lowest BCUT2D eigenvalue weighted by atomic mass is 10.0. The minimum absolute atomic E-state index is 0.0976. The van der Waals surface area contributed by atoms with Crippen molar-refractivity contribution in [3.05, 3.63) is 109 Å². The van der Waals surface area contributed by atoms with Crippen molar-refractivity contribution in [1.82, 2.24) is 0 Å². The van der Waals surface area contributed by atoms with Crippen molar-refractivity contribution in [2.75, 3.05) is 13.2 Å². The Balaban J connectivity index is 3.98. The summed E-state index contributed by atoms with van der Waals surface area (Å²) in [4.78, 5) is 37.8. The molecule has 0 spiro atoms. The van der Waals surface area contributed by atoms with Gasteiger partial charge in [-0.2, -0.15) is 0 Å². The predicted molar refractivity (Wildman–Crippen MR) is 320 cm³/mol. The second kappa shape index (κ2) is 61.6. The monoisotopic (exact) mass is 1030 g/mol. The number of rotatable bonds is 55. The van der Waals surface area contributed by atoms with Crippen molar-refractivity contribution in [1.29, 1.82) is 0 Å². The Bertz CT molecular complexity index is 1510. The molecule has 6 heteroatoms. The number of hydrogen-bond donors (Lipinski definition) is 0. The summed E-state index contributed by atoms with van der Waals surface area (Å²) in [5, 5.41) is 0. The maximum atomic E-state index is 12.7. The van der Waals surface area contributed by atoms with E-state index >= 15 is 0 Å². The van der Waals surface area contributed by atoms with Crippen molar-refractivity contribution in [2.24, 2.45) is 0 Å². The number of unbranched alkanes of at least 4 members (excludes halogenated alkanes) is 27. The van der Waals surface area contributed by atoms with Gasteiger partial charge in [-0.3, -0.25) is 14.4 Å². The molecule has 0 aromatic carbocycles. The fourth-order valence-electron chi connectivity index (χ4n) is 8.51. The number of hydrogen-bond acceptors (Lipinski definition) is 6. The maximum absolute atomic E-state index is 12.7. The average molecular weight is 1030 g/mol. The lowest BCUT2D eigenvalue weighted by molar-refractivity contribution is -0.166. The van der Waals surface area contributed by atoms with Crippen LogP contribution in [0.3, 0.4) is 0 Å². The number of carbonyl (C=O) groups excluding carboxylic acids is 3. The Morgan fingerprint density at radius 3 is 0.892 bits per heavy atom. The van der Waals surface area contributed by atoms with Crippen LogP contribution in [0.15, 0.2) is 109 Å². The van der Waals surface area contributed by atoms with Crippen LogP contribution in [-0.4, -0.2) is 37.2 Å². The first-order valence-corrected chi connectivity index (χ1v) is 30.9. The van der Waals surface area contributed by atoms with Crippen LogP contribution in [0.2, 0.25) is 0 Å². The first-order chi connectivity index (χ1) is 36.5. The molecule has 0 N–H and O–H groups in total. The molecule has 0 aromatic heterocycles. The van der Waals surface area contributed by atoms with Crippen molar-refractivity contribution in [3.63, 3.8) is 0 Å². The zero-order valence-corrected chi connectivity index (χ0v) is 48.3. The normalized spacial score (nSPS) is 12.9. The largest absolute Gasteiger partial charge is 0.462 e. The Labute approximate surface area is 457 Å². The molecule has 74 heavy (non-hydrogen) atoms. The van der Waals surface area contributed by atoms with Gasteiger partial charge in [0.2, 0.25) is 0 Å². The molecule has 0 heterocycles. The van der Waals surface area contributed by atoms with Crippen LogP contribution in [0.5, 0.6) is 0 Å². The van der Waals surface area contributed by atoms with Gasteiger partial charge in [-0.25, -0.2) is 0 Å². The second-order valence-electron chi connectivity index (χ2n) is 20.2. The van der Waals surface area contributed by atoms with Gasteiger partial charge in [0.25, 0.3) is 0 Å². The van der Waals surface area contributed by atoms with Gasteiger partial charge < -0.3 is 14.2 Å².